The highest BCUT2D eigenvalue weighted by molar-refractivity contribution is 6.35. The van der Waals surface area contributed by atoms with Crippen LogP contribution in [0.4, 0.5) is 0 Å². The van der Waals surface area contributed by atoms with Crippen molar-refractivity contribution in [2.45, 2.75) is 13.8 Å². The number of carbonyl (C=O) groups excluding carboxylic acids is 1. The Hall–Kier alpha value is -1.84. The molecule has 2 rings (SSSR count). The van der Waals surface area contributed by atoms with Crippen LogP contribution in [0.1, 0.15) is 27.2 Å². The summed E-state index contributed by atoms with van der Waals surface area (Å²) in [5.74, 6) is -0.361. The number of aromatic amines is 1. The third-order valence-corrected chi connectivity index (χ3v) is 3.55. The van der Waals surface area contributed by atoms with Gasteiger partial charge in [0, 0.05) is 15.7 Å². The number of hydrogen-bond donors (Lipinski definition) is 1. The number of rotatable bonds is 3. The summed E-state index contributed by atoms with van der Waals surface area (Å²) >= 11 is 11.8. The Kier molecular flexibility index (Phi) is 4.66. The molecule has 0 aliphatic rings. The SMILES string of the molecule is Cc1cc(C)c(C(=O)/C=C\c2ccc(Cl)cc2Cl)c(=O)[nH]1. The number of carbonyl (C=O) groups is 1. The topological polar surface area (TPSA) is 49.9 Å². The molecule has 2 aromatic rings. The van der Waals surface area contributed by atoms with E-state index in [2.05, 4.69) is 4.98 Å². The van der Waals surface area contributed by atoms with Gasteiger partial charge in [0.1, 0.15) is 0 Å². The Morgan fingerprint density at radius 2 is 1.90 bits per heavy atom. The fourth-order valence-electron chi connectivity index (χ4n) is 2.05. The van der Waals surface area contributed by atoms with Gasteiger partial charge in [0.15, 0.2) is 5.78 Å². The molecule has 0 spiro atoms. The Labute approximate surface area is 132 Å². The molecule has 5 heteroatoms. The van der Waals surface area contributed by atoms with Gasteiger partial charge in [-0.15, -0.1) is 0 Å². The Morgan fingerprint density at radius 3 is 2.52 bits per heavy atom. The molecular weight excluding hydrogens is 309 g/mol. The van der Waals surface area contributed by atoms with Crippen LogP contribution in [-0.2, 0) is 0 Å². The van der Waals surface area contributed by atoms with Crippen LogP contribution in [0.25, 0.3) is 6.08 Å². The summed E-state index contributed by atoms with van der Waals surface area (Å²) in [6.07, 6.45) is 2.90. The summed E-state index contributed by atoms with van der Waals surface area (Å²) in [6.45, 7) is 3.50. The highest BCUT2D eigenvalue weighted by atomic mass is 35.5. The van der Waals surface area contributed by atoms with Crippen LogP contribution in [-0.4, -0.2) is 10.8 Å². The molecule has 0 bridgehead atoms. The van der Waals surface area contributed by atoms with Gasteiger partial charge in [-0.2, -0.15) is 0 Å². The number of benzene rings is 1. The summed E-state index contributed by atoms with van der Waals surface area (Å²) in [5, 5.41) is 0.968. The van der Waals surface area contributed by atoms with Gasteiger partial charge in [0.05, 0.1) is 5.56 Å². The fraction of sp³-hybridized carbons (Fsp3) is 0.125. The molecule has 1 N–H and O–H groups in total. The van der Waals surface area contributed by atoms with Crippen LogP contribution in [0.15, 0.2) is 35.1 Å². The largest absolute Gasteiger partial charge is 0.326 e. The van der Waals surface area contributed by atoms with E-state index in [4.69, 9.17) is 23.2 Å². The van der Waals surface area contributed by atoms with Crippen molar-refractivity contribution in [2.24, 2.45) is 0 Å². The number of hydrogen-bond acceptors (Lipinski definition) is 2. The first kappa shape index (κ1) is 15.5. The van der Waals surface area contributed by atoms with Gasteiger partial charge >= 0.3 is 0 Å². The maximum Gasteiger partial charge on any atom is 0.259 e. The molecule has 0 atom stereocenters. The third kappa shape index (κ3) is 3.63. The van der Waals surface area contributed by atoms with Gasteiger partial charge in [0.25, 0.3) is 5.56 Å². The molecule has 0 aliphatic heterocycles. The average Bonchev–Trinajstić information content (AvgIpc) is 2.36. The van der Waals surface area contributed by atoms with Gasteiger partial charge in [0.2, 0.25) is 0 Å². The molecule has 1 aromatic carbocycles. The second kappa shape index (κ2) is 6.29. The van der Waals surface area contributed by atoms with Gasteiger partial charge in [-0.25, -0.2) is 0 Å². The average molecular weight is 322 g/mol. The number of aromatic nitrogens is 1. The van der Waals surface area contributed by atoms with Crippen LogP contribution in [0.3, 0.4) is 0 Å². The fourth-order valence-corrected chi connectivity index (χ4v) is 2.52. The van der Waals surface area contributed by atoms with Crippen molar-refractivity contribution < 1.29 is 4.79 Å². The summed E-state index contributed by atoms with van der Waals surface area (Å²) in [7, 11) is 0. The number of nitrogens with one attached hydrogen (secondary N) is 1. The first-order valence-corrected chi connectivity index (χ1v) is 7.02. The molecule has 3 nitrogen and oxygen atoms in total. The predicted octanol–water partition coefficient (Wildman–Crippen LogP) is 4.19. The molecule has 108 valence electrons. The summed E-state index contributed by atoms with van der Waals surface area (Å²) in [4.78, 5) is 26.7. The lowest BCUT2D eigenvalue weighted by atomic mass is 10.1. The summed E-state index contributed by atoms with van der Waals surface area (Å²) < 4.78 is 0. The first-order chi connectivity index (χ1) is 9.88. The predicted molar refractivity (Wildman–Crippen MR) is 86.4 cm³/mol. The van der Waals surface area contributed by atoms with Crippen molar-refractivity contribution in [2.75, 3.05) is 0 Å². The van der Waals surface area contributed by atoms with Crippen molar-refractivity contribution in [1.29, 1.82) is 0 Å². The molecular formula is C16H13Cl2NO2. The van der Waals surface area contributed by atoms with Crippen molar-refractivity contribution in [3.8, 4) is 0 Å². The standard InChI is InChI=1S/C16H13Cl2NO2/c1-9-7-10(2)19-16(21)15(9)14(20)6-4-11-3-5-12(17)8-13(11)18/h3-8H,1-2H3,(H,19,21)/b6-4-. The van der Waals surface area contributed by atoms with Gasteiger partial charge < -0.3 is 4.98 Å². The first-order valence-electron chi connectivity index (χ1n) is 6.26. The maximum absolute atomic E-state index is 12.2. The van der Waals surface area contributed by atoms with Crippen molar-refractivity contribution >= 4 is 35.1 Å². The molecule has 0 radical (unpaired) electrons. The van der Waals surface area contributed by atoms with Gasteiger partial charge in [-0.1, -0.05) is 29.3 Å². The normalized spacial score (nSPS) is 11.0. The molecule has 21 heavy (non-hydrogen) atoms. The van der Waals surface area contributed by atoms with E-state index in [0.717, 1.165) is 5.69 Å². The highest BCUT2D eigenvalue weighted by Crippen LogP contribution is 2.22. The molecule has 0 saturated heterocycles. The zero-order chi connectivity index (χ0) is 15.6. The molecule has 0 saturated carbocycles. The molecule has 0 fully saturated rings. The summed E-state index contributed by atoms with van der Waals surface area (Å²) in [5.41, 5.74) is 1.79. The monoisotopic (exact) mass is 321 g/mol. The molecule has 0 unspecified atom stereocenters. The van der Waals surface area contributed by atoms with E-state index in [1.165, 1.54) is 6.08 Å². The molecule has 0 aliphatic carbocycles. The van der Waals surface area contributed by atoms with E-state index in [1.807, 2.05) is 0 Å². The lowest BCUT2D eigenvalue weighted by Crippen LogP contribution is -2.19. The lowest BCUT2D eigenvalue weighted by Gasteiger charge is -2.03. The van der Waals surface area contributed by atoms with E-state index in [9.17, 15) is 9.59 Å². The maximum atomic E-state index is 12.2. The number of halogens is 2. The second-order valence-electron chi connectivity index (χ2n) is 4.70. The van der Waals surface area contributed by atoms with E-state index >= 15 is 0 Å². The molecule has 0 amide bonds. The molecule has 1 aromatic heterocycles. The van der Waals surface area contributed by atoms with Crippen molar-refractivity contribution in [3.05, 3.63) is 73.1 Å². The van der Waals surface area contributed by atoms with Gasteiger partial charge in [-0.05, 0) is 55.3 Å². The minimum Gasteiger partial charge on any atom is -0.326 e. The minimum absolute atomic E-state index is 0.141. The van der Waals surface area contributed by atoms with Crippen LogP contribution in [0.5, 0.6) is 0 Å². The van der Waals surface area contributed by atoms with E-state index in [0.29, 0.717) is 21.2 Å². The van der Waals surface area contributed by atoms with E-state index < -0.39 is 0 Å². The highest BCUT2D eigenvalue weighted by Gasteiger charge is 2.11. The Morgan fingerprint density at radius 1 is 1.19 bits per heavy atom. The van der Waals surface area contributed by atoms with E-state index in [1.54, 1.807) is 44.2 Å². The second-order valence-corrected chi connectivity index (χ2v) is 5.55. The Bertz CT molecular complexity index is 791. The lowest BCUT2D eigenvalue weighted by molar-refractivity contribution is 0.104. The zero-order valence-corrected chi connectivity index (χ0v) is 13.0. The molecule has 1 heterocycles. The smallest absolute Gasteiger partial charge is 0.259 e. The van der Waals surface area contributed by atoms with Crippen LogP contribution in [0, 0.1) is 13.8 Å². The minimum atomic E-state index is -0.385. The third-order valence-electron chi connectivity index (χ3n) is 2.99. The number of allylic oxidation sites excluding steroid dienone is 1. The van der Waals surface area contributed by atoms with Crippen LogP contribution < -0.4 is 5.56 Å². The summed E-state index contributed by atoms with van der Waals surface area (Å²) in [6, 6.07) is 6.75. The number of H-pyrrole nitrogens is 1. The Balaban J connectivity index is 2.34. The van der Waals surface area contributed by atoms with Gasteiger partial charge in [-0.3, -0.25) is 9.59 Å². The van der Waals surface area contributed by atoms with E-state index in [-0.39, 0.29) is 16.9 Å². The van der Waals surface area contributed by atoms with Crippen LogP contribution >= 0.6 is 23.2 Å². The number of aryl methyl sites for hydroxylation is 2. The quantitative estimate of drug-likeness (QED) is 0.680. The van der Waals surface area contributed by atoms with Crippen molar-refractivity contribution in [3.63, 3.8) is 0 Å². The number of pyridine rings is 1. The number of ketones is 1. The zero-order valence-electron chi connectivity index (χ0n) is 11.5. The van der Waals surface area contributed by atoms with Crippen LogP contribution in [0.2, 0.25) is 10.0 Å². The van der Waals surface area contributed by atoms with Crippen molar-refractivity contribution in [1.82, 2.24) is 4.98 Å².